The molecule has 1 aliphatic rings. The smallest absolute Gasteiger partial charge is 0.193 e. The van der Waals surface area contributed by atoms with Crippen molar-refractivity contribution >= 4 is 53.1 Å². The molecule has 0 radical (unpaired) electrons. The molecule has 1 saturated heterocycles. The standard InChI is InChI=1S/C16H23Cl2N3O.HI/c1-19-16(21-6-4-13(10-21)11-22-2)20-5-3-12-7-14(17)9-15(18)8-12;/h7-9,13H,3-6,10-11H2,1-2H3,(H,19,20);1H. The van der Waals surface area contributed by atoms with E-state index in [1.807, 2.05) is 19.2 Å². The van der Waals surface area contributed by atoms with Gasteiger partial charge in [-0.3, -0.25) is 4.99 Å². The Kier molecular flexibility index (Phi) is 9.58. The molecule has 1 fully saturated rings. The summed E-state index contributed by atoms with van der Waals surface area (Å²) < 4.78 is 5.24. The van der Waals surface area contributed by atoms with Gasteiger partial charge in [0.1, 0.15) is 0 Å². The van der Waals surface area contributed by atoms with Gasteiger partial charge in [-0.15, -0.1) is 24.0 Å². The minimum Gasteiger partial charge on any atom is -0.384 e. The van der Waals surface area contributed by atoms with Crippen LogP contribution in [0.2, 0.25) is 10.0 Å². The minimum absolute atomic E-state index is 0. The second-order valence-corrected chi connectivity index (χ2v) is 6.43. The summed E-state index contributed by atoms with van der Waals surface area (Å²) in [5.41, 5.74) is 1.12. The van der Waals surface area contributed by atoms with Crippen molar-refractivity contribution in [2.45, 2.75) is 12.8 Å². The van der Waals surface area contributed by atoms with Gasteiger partial charge in [-0.1, -0.05) is 23.2 Å². The molecule has 1 heterocycles. The zero-order valence-electron chi connectivity index (χ0n) is 13.5. The van der Waals surface area contributed by atoms with E-state index in [9.17, 15) is 0 Å². The minimum atomic E-state index is 0. The number of halogens is 3. The Morgan fingerprint density at radius 3 is 2.65 bits per heavy atom. The second-order valence-electron chi connectivity index (χ2n) is 5.56. The predicted molar refractivity (Wildman–Crippen MR) is 108 cm³/mol. The summed E-state index contributed by atoms with van der Waals surface area (Å²) in [6.07, 6.45) is 2.01. The molecule has 2 rings (SSSR count). The molecule has 0 saturated carbocycles. The summed E-state index contributed by atoms with van der Waals surface area (Å²) in [5.74, 6) is 1.54. The van der Waals surface area contributed by atoms with Crippen molar-refractivity contribution in [3.63, 3.8) is 0 Å². The third-order valence-electron chi connectivity index (χ3n) is 3.82. The van der Waals surface area contributed by atoms with Crippen molar-refractivity contribution in [3.05, 3.63) is 33.8 Å². The molecule has 1 aromatic rings. The first kappa shape index (κ1) is 20.8. The van der Waals surface area contributed by atoms with Gasteiger partial charge >= 0.3 is 0 Å². The van der Waals surface area contributed by atoms with Crippen LogP contribution in [0.3, 0.4) is 0 Å². The highest BCUT2D eigenvalue weighted by Gasteiger charge is 2.24. The Bertz CT molecular complexity index is 508. The topological polar surface area (TPSA) is 36.9 Å². The quantitative estimate of drug-likeness (QED) is 0.404. The molecule has 1 N–H and O–H groups in total. The van der Waals surface area contributed by atoms with Crippen LogP contribution in [0.15, 0.2) is 23.2 Å². The molecule has 0 spiro atoms. The Labute approximate surface area is 165 Å². The number of methoxy groups -OCH3 is 1. The number of likely N-dealkylation sites (tertiary alicyclic amines) is 1. The number of hydrogen-bond acceptors (Lipinski definition) is 2. The number of nitrogens with one attached hydrogen (secondary N) is 1. The van der Waals surface area contributed by atoms with Crippen LogP contribution in [0.1, 0.15) is 12.0 Å². The first-order chi connectivity index (χ1) is 10.6. The van der Waals surface area contributed by atoms with E-state index < -0.39 is 0 Å². The van der Waals surface area contributed by atoms with Crippen molar-refractivity contribution in [2.75, 3.05) is 40.4 Å². The number of hydrogen-bond donors (Lipinski definition) is 1. The van der Waals surface area contributed by atoms with Gasteiger partial charge in [0, 0.05) is 49.8 Å². The summed E-state index contributed by atoms with van der Waals surface area (Å²) in [5, 5.41) is 4.76. The normalized spacial score (nSPS) is 18.0. The summed E-state index contributed by atoms with van der Waals surface area (Å²) >= 11 is 12.0. The number of rotatable bonds is 5. The lowest BCUT2D eigenvalue weighted by Crippen LogP contribution is -2.41. The maximum Gasteiger partial charge on any atom is 0.193 e. The number of nitrogens with zero attached hydrogens (tertiary/aromatic N) is 2. The average molecular weight is 472 g/mol. The van der Waals surface area contributed by atoms with Crippen LogP contribution < -0.4 is 5.32 Å². The highest BCUT2D eigenvalue weighted by atomic mass is 127. The second kappa shape index (κ2) is 10.6. The molecule has 7 heteroatoms. The number of guanidine groups is 1. The molecule has 1 aromatic carbocycles. The zero-order chi connectivity index (χ0) is 15.9. The van der Waals surface area contributed by atoms with Crippen LogP contribution in [0.4, 0.5) is 0 Å². The van der Waals surface area contributed by atoms with E-state index in [1.54, 1.807) is 13.2 Å². The van der Waals surface area contributed by atoms with Crippen LogP contribution in [0.25, 0.3) is 0 Å². The lowest BCUT2D eigenvalue weighted by Gasteiger charge is -2.21. The average Bonchev–Trinajstić information content (AvgIpc) is 2.91. The fraction of sp³-hybridized carbons (Fsp3) is 0.562. The number of benzene rings is 1. The Hall–Kier alpha value is -0.240. The molecule has 23 heavy (non-hydrogen) atoms. The Morgan fingerprint density at radius 1 is 1.35 bits per heavy atom. The van der Waals surface area contributed by atoms with E-state index in [-0.39, 0.29) is 24.0 Å². The SMILES string of the molecule is CN=C(NCCc1cc(Cl)cc(Cl)c1)N1CCC(COC)C1.I. The summed E-state index contributed by atoms with van der Waals surface area (Å²) in [6, 6.07) is 5.64. The summed E-state index contributed by atoms with van der Waals surface area (Å²) in [7, 11) is 3.58. The molecule has 130 valence electrons. The largest absolute Gasteiger partial charge is 0.384 e. The van der Waals surface area contributed by atoms with Gasteiger partial charge in [0.25, 0.3) is 0 Å². The molecular weight excluding hydrogens is 448 g/mol. The van der Waals surface area contributed by atoms with E-state index in [1.165, 1.54) is 0 Å². The molecule has 0 aromatic heterocycles. The number of aliphatic imine (C=N–C) groups is 1. The molecule has 0 amide bonds. The maximum absolute atomic E-state index is 6.02. The maximum atomic E-state index is 6.02. The zero-order valence-corrected chi connectivity index (χ0v) is 17.4. The van der Waals surface area contributed by atoms with Crippen LogP contribution in [-0.4, -0.2) is 51.3 Å². The fourth-order valence-electron chi connectivity index (χ4n) is 2.80. The third kappa shape index (κ3) is 6.64. The van der Waals surface area contributed by atoms with Crippen molar-refractivity contribution in [2.24, 2.45) is 10.9 Å². The lowest BCUT2D eigenvalue weighted by molar-refractivity contribution is 0.157. The van der Waals surface area contributed by atoms with Gasteiger partial charge in [-0.25, -0.2) is 0 Å². The van der Waals surface area contributed by atoms with Crippen LogP contribution in [0.5, 0.6) is 0 Å². The van der Waals surface area contributed by atoms with Crippen molar-refractivity contribution < 1.29 is 4.74 Å². The van der Waals surface area contributed by atoms with Crippen LogP contribution >= 0.6 is 47.2 Å². The molecule has 1 aliphatic heterocycles. The van der Waals surface area contributed by atoms with Gasteiger partial charge in [-0.05, 0) is 36.6 Å². The van der Waals surface area contributed by atoms with E-state index in [0.717, 1.165) is 50.6 Å². The summed E-state index contributed by atoms with van der Waals surface area (Å²) in [6.45, 7) is 3.64. The van der Waals surface area contributed by atoms with Crippen molar-refractivity contribution in [1.82, 2.24) is 10.2 Å². The highest BCUT2D eigenvalue weighted by molar-refractivity contribution is 14.0. The lowest BCUT2D eigenvalue weighted by atomic mass is 10.1. The van der Waals surface area contributed by atoms with Gasteiger partial charge in [0.2, 0.25) is 0 Å². The van der Waals surface area contributed by atoms with Crippen LogP contribution in [0, 0.1) is 5.92 Å². The molecule has 1 unspecified atom stereocenters. The molecule has 4 nitrogen and oxygen atoms in total. The highest BCUT2D eigenvalue weighted by Crippen LogP contribution is 2.19. The van der Waals surface area contributed by atoms with Gasteiger partial charge in [0.05, 0.1) is 6.61 Å². The van der Waals surface area contributed by atoms with Crippen LogP contribution in [-0.2, 0) is 11.2 Å². The molecule has 0 aliphatic carbocycles. The van der Waals surface area contributed by atoms with Gasteiger partial charge in [-0.2, -0.15) is 0 Å². The Morgan fingerprint density at radius 2 is 2.04 bits per heavy atom. The molecule has 0 bridgehead atoms. The van der Waals surface area contributed by atoms with Gasteiger partial charge < -0.3 is 15.0 Å². The molecular formula is C16H24Cl2IN3O. The fourth-order valence-corrected chi connectivity index (χ4v) is 3.37. The number of ether oxygens (including phenoxy) is 1. The van der Waals surface area contributed by atoms with Crippen molar-refractivity contribution in [1.29, 1.82) is 0 Å². The monoisotopic (exact) mass is 471 g/mol. The van der Waals surface area contributed by atoms with E-state index in [2.05, 4.69) is 15.2 Å². The third-order valence-corrected chi connectivity index (χ3v) is 4.26. The van der Waals surface area contributed by atoms with E-state index in [4.69, 9.17) is 27.9 Å². The Balaban J connectivity index is 0.00000264. The van der Waals surface area contributed by atoms with Crippen molar-refractivity contribution in [3.8, 4) is 0 Å². The van der Waals surface area contributed by atoms with E-state index >= 15 is 0 Å². The first-order valence-corrected chi connectivity index (χ1v) is 8.27. The first-order valence-electron chi connectivity index (χ1n) is 7.52. The summed E-state index contributed by atoms with van der Waals surface area (Å²) in [4.78, 5) is 6.66. The van der Waals surface area contributed by atoms with E-state index in [0.29, 0.717) is 16.0 Å². The molecule has 1 atom stereocenters. The predicted octanol–water partition coefficient (Wildman–Crippen LogP) is 3.70. The van der Waals surface area contributed by atoms with Gasteiger partial charge in [0.15, 0.2) is 5.96 Å².